The molecule has 0 radical (unpaired) electrons. The van der Waals surface area contributed by atoms with Gasteiger partial charge in [-0.15, -0.1) is 0 Å². The number of nitrogens with zero attached hydrogens (tertiary/aromatic N) is 3. The average molecular weight is 433 g/mol. The van der Waals surface area contributed by atoms with Gasteiger partial charge in [-0.2, -0.15) is 0 Å². The maximum atomic E-state index is 11.7. The van der Waals surface area contributed by atoms with Crippen LogP contribution in [0.5, 0.6) is 5.75 Å². The normalized spacial score (nSPS) is 17.6. The van der Waals surface area contributed by atoms with Crippen molar-refractivity contribution in [2.75, 3.05) is 31.8 Å². The van der Waals surface area contributed by atoms with Crippen LogP contribution in [0.1, 0.15) is 6.42 Å². The Bertz CT molecular complexity index is 1170. The Morgan fingerprint density at radius 1 is 1.24 bits per heavy atom. The smallest absolute Gasteiger partial charge is 0.223 e. The maximum absolute atomic E-state index is 11.7. The van der Waals surface area contributed by atoms with Gasteiger partial charge in [0.05, 0.1) is 18.9 Å². The molecule has 7 nitrogen and oxygen atoms in total. The van der Waals surface area contributed by atoms with E-state index in [9.17, 15) is 8.42 Å². The van der Waals surface area contributed by atoms with E-state index >= 15 is 0 Å². The van der Waals surface area contributed by atoms with Gasteiger partial charge in [-0.05, 0) is 18.6 Å². The molecular weight excluding hydrogens is 412 g/mol. The van der Waals surface area contributed by atoms with Crippen LogP contribution >= 0.6 is 11.6 Å². The molecule has 0 amide bonds. The Kier molecular flexibility index (Phi) is 5.33. The number of methoxy groups -OCH3 is 1. The van der Waals surface area contributed by atoms with Crippen molar-refractivity contribution in [1.82, 2.24) is 14.3 Å². The van der Waals surface area contributed by atoms with Gasteiger partial charge in [-0.3, -0.25) is 0 Å². The van der Waals surface area contributed by atoms with E-state index in [1.165, 1.54) is 10.6 Å². The molecule has 2 aromatic carbocycles. The third kappa shape index (κ3) is 4.14. The van der Waals surface area contributed by atoms with Crippen molar-refractivity contribution in [3.63, 3.8) is 0 Å². The second-order valence-electron chi connectivity index (χ2n) is 7.04. The Labute approximate surface area is 174 Å². The SMILES string of the molecule is COc1cc2nc(NC3CCN(S(C)(=O)=O)C3)ncc2cc1-c1ccccc1Cl. The zero-order valence-electron chi connectivity index (χ0n) is 16.1. The molecule has 1 aliphatic heterocycles. The van der Waals surface area contributed by atoms with Crippen molar-refractivity contribution in [3.05, 3.63) is 47.6 Å². The first kappa shape index (κ1) is 19.9. The number of halogens is 1. The fourth-order valence-electron chi connectivity index (χ4n) is 3.52. The van der Waals surface area contributed by atoms with Gasteiger partial charge in [0.2, 0.25) is 16.0 Å². The number of benzene rings is 2. The third-order valence-corrected chi connectivity index (χ3v) is 6.62. The molecule has 9 heteroatoms. The topological polar surface area (TPSA) is 84.4 Å². The minimum absolute atomic E-state index is 0.0218. The number of rotatable bonds is 5. The molecular formula is C20H21ClN4O3S. The molecule has 29 heavy (non-hydrogen) atoms. The number of ether oxygens (including phenoxy) is 1. The van der Waals surface area contributed by atoms with Crippen LogP contribution in [-0.4, -0.2) is 55.2 Å². The largest absolute Gasteiger partial charge is 0.496 e. The fraction of sp³-hybridized carbons (Fsp3) is 0.300. The molecule has 3 aromatic rings. The van der Waals surface area contributed by atoms with E-state index < -0.39 is 10.0 Å². The maximum Gasteiger partial charge on any atom is 0.223 e. The van der Waals surface area contributed by atoms with Crippen molar-refractivity contribution in [2.45, 2.75) is 12.5 Å². The molecule has 1 saturated heterocycles. The molecule has 0 saturated carbocycles. The monoisotopic (exact) mass is 432 g/mol. The number of hydrogen-bond donors (Lipinski definition) is 1. The molecule has 1 fully saturated rings. The van der Waals surface area contributed by atoms with E-state index in [-0.39, 0.29) is 6.04 Å². The zero-order chi connectivity index (χ0) is 20.6. The van der Waals surface area contributed by atoms with Crippen LogP contribution in [0.3, 0.4) is 0 Å². The summed E-state index contributed by atoms with van der Waals surface area (Å²) in [7, 11) is -1.57. The lowest BCUT2D eigenvalue weighted by Crippen LogP contribution is -2.31. The van der Waals surface area contributed by atoms with Gasteiger partial charge in [-0.25, -0.2) is 22.7 Å². The highest BCUT2D eigenvalue weighted by atomic mass is 35.5. The average Bonchev–Trinajstić information content (AvgIpc) is 3.16. The summed E-state index contributed by atoms with van der Waals surface area (Å²) >= 11 is 6.36. The number of anilines is 1. The lowest BCUT2D eigenvalue weighted by Gasteiger charge is -2.15. The molecule has 1 aliphatic rings. The third-order valence-electron chi connectivity index (χ3n) is 5.02. The number of aromatic nitrogens is 2. The zero-order valence-corrected chi connectivity index (χ0v) is 17.7. The first-order chi connectivity index (χ1) is 13.8. The molecule has 1 unspecified atom stereocenters. The Balaban J connectivity index is 1.64. The van der Waals surface area contributed by atoms with Gasteiger partial charge in [-0.1, -0.05) is 29.8 Å². The standard InChI is InChI=1S/C20H21ClN4O3S/c1-28-19-10-18-13(9-16(19)15-5-3-4-6-17(15)21)11-22-20(24-18)23-14-7-8-25(12-14)29(2,26)27/h3-6,9-11,14H,7-8,12H2,1-2H3,(H,22,23,24). The highest BCUT2D eigenvalue weighted by molar-refractivity contribution is 7.88. The summed E-state index contributed by atoms with van der Waals surface area (Å²) in [5, 5.41) is 4.73. The summed E-state index contributed by atoms with van der Waals surface area (Å²) in [5.74, 6) is 1.13. The van der Waals surface area contributed by atoms with Crippen LogP contribution in [0, 0.1) is 0 Å². The Hall–Kier alpha value is -2.42. The number of fused-ring (bicyclic) bond motifs is 1. The Morgan fingerprint density at radius 3 is 2.72 bits per heavy atom. The lowest BCUT2D eigenvalue weighted by molar-refractivity contribution is 0.417. The summed E-state index contributed by atoms with van der Waals surface area (Å²) in [6.45, 7) is 0.911. The molecule has 1 aromatic heterocycles. The quantitative estimate of drug-likeness (QED) is 0.665. The second kappa shape index (κ2) is 7.78. The highest BCUT2D eigenvalue weighted by Crippen LogP contribution is 2.37. The first-order valence-corrected chi connectivity index (χ1v) is 11.4. The van der Waals surface area contributed by atoms with E-state index in [1.807, 2.05) is 36.4 Å². The predicted octanol–water partition coefficient (Wildman–Crippen LogP) is 3.40. The van der Waals surface area contributed by atoms with Gasteiger partial charge in [0.1, 0.15) is 5.75 Å². The minimum Gasteiger partial charge on any atom is -0.496 e. The van der Waals surface area contributed by atoms with Crippen LogP contribution in [0.15, 0.2) is 42.6 Å². The van der Waals surface area contributed by atoms with Gasteiger partial charge >= 0.3 is 0 Å². The van der Waals surface area contributed by atoms with Crippen molar-refractivity contribution < 1.29 is 13.2 Å². The molecule has 0 aliphatic carbocycles. The second-order valence-corrected chi connectivity index (χ2v) is 9.43. The molecule has 1 N–H and O–H groups in total. The molecule has 1 atom stereocenters. The first-order valence-electron chi connectivity index (χ1n) is 9.16. The van der Waals surface area contributed by atoms with Gasteiger partial charge in [0.25, 0.3) is 0 Å². The lowest BCUT2D eigenvalue weighted by atomic mass is 10.0. The summed E-state index contributed by atoms with van der Waals surface area (Å²) < 4.78 is 30.4. The summed E-state index contributed by atoms with van der Waals surface area (Å²) in [6, 6.07) is 11.4. The van der Waals surface area contributed by atoms with E-state index in [1.54, 1.807) is 13.3 Å². The van der Waals surface area contributed by atoms with Crippen molar-refractivity contribution in [2.24, 2.45) is 0 Å². The van der Waals surface area contributed by atoms with Crippen molar-refractivity contribution >= 4 is 38.5 Å². The van der Waals surface area contributed by atoms with E-state index in [0.717, 1.165) is 22.0 Å². The molecule has 152 valence electrons. The van der Waals surface area contributed by atoms with E-state index in [4.69, 9.17) is 16.3 Å². The molecule has 4 rings (SSSR count). The van der Waals surface area contributed by atoms with E-state index in [0.29, 0.717) is 36.2 Å². The van der Waals surface area contributed by atoms with Crippen molar-refractivity contribution in [1.29, 1.82) is 0 Å². The van der Waals surface area contributed by atoms with Crippen LogP contribution < -0.4 is 10.1 Å². The van der Waals surface area contributed by atoms with Gasteiger partial charge in [0, 0.05) is 52.9 Å². The predicted molar refractivity (Wildman–Crippen MR) is 115 cm³/mol. The molecule has 2 heterocycles. The fourth-order valence-corrected chi connectivity index (χ4v) is 4.64. The van der Waals surface area contributed by atoms with Crippen LogP contribution in [-0.2, 0) is 10.0 Å². The van der Waals surface area contributed by atoms with Crippen molar-refractivity contribution in [3.8, 4) is 16.9 Å². The van der Waals surface area contributed by atoms with Gasteiger partial charge in [0.15, 0.2) is 0 Å². The minimum atomic E-state index is -3.18. The van der Waals surface area contributed by atoms with Gasteiger partial charge < -0.3 is 10.1 Å². The van der Waals surface area contributed by atoms with Crippen LogP contribution in [0.4, 0.5) is 5.95 Å². The van der Waals surface area contributed by atoms with E-state index in [2.05, 4.69) is 15.3 Å². The number of sulfonamides is 1. The van der Waals surface area contributed by atoms with Crippen LogP contribution in [0.25, 0.3) is 22.0 Å². The summed E-state index contributed by atoms with van der Waals surface area (Å²) in [4.78, 5) is 8.99. The number of hydrogen-bond acceptors (Lipinski definition) is 6. The van der Waals surface area contributed by atoms with Crippen LogP contribution in [0.2, 0.25) is 5.02 Å². The number of nitrogens with one attached hydrogen (secondary N) is 1. The summed E-state index contributed by atoms with van der Waals surface area (Å²) in [5.41, 5.74) is 2.48. The molecule has 0 spiro atoms. The Morgan fingerprint density at radius 2 is 2.03 bits per heavy atom. The highest BCUT2D eigenvalue weighted by Gasteiger charge is 2.28. The molecule has 0 bridgehead atoms. The summed E-state index contributed by atoms with van der Waals surface area (Å²) in [6.07, 6.45) is 3.68.